The van der Waals surface area contributed by atoms with Crippen LogP contribution in [0.1, 0.15) is 25.7 Å². The van der Waals surface area contributed by atoms with Crippen molar-refractivity contribution in [3.05, 3.63) is 0 Å². The van der Waals surface area contributed by atoms with Gasteiger partial charge in [0.1, 0.15) is 0 Å². The second-order valence-electron chi connectivity index (χ2n) is 4.47. The molecule has 3 heteroatoms. The Balaban J connectivity index is 2.04. The van der Waals surface area contributed by atoms with E-state index in [4.69, 9.17) is 9.47 Å². The van der Waals surface area contributed by atoms with Gasteiger partial charge in [0.2, 0.25) is 0 Å². The molecule has 0 aromatic heterocycles. The molecule has 0 saturated heterocycles. The molecule has 3 fully saturated rings. The summed E-state index contributed by atoms with van der Waals surface area (Å²) in [5.41, 5.74) is 0. The Morgan fingerprint density at radius 1 is 1.14 bits per heavy atom. The first kappa shape index (κ1) is 9.97. The normalized spacial score (nSPS) is 41.0. The Bertz CT molecular complexity index is 227. The van der Waals surface area contributed by atoms with E-state index in [1.807, 2.05) is 0 Å². The van der Waals surface area contributed by atoms with Crippen LogP contribution >= 0.6 is 0 Å². The van der Waals surface area contributed by atoms with Crippen molar-refractivity contribution in [2.45, 2.75) is 31.8 Å². The Hall–Kier alpha value is -0.570. The summed E-state index contributed by atoms with van der Waals surface area (Å²) in [4.78, 5) is 11.5. The number of rotatable bonds is 2. The summed E-state index contributed by atoms with van der Waals surface area (Å²) in [6, 6.07) is 0. The van der Waals surface area contributed by atoms with Crippen molar-refractivity contribution in [1.82, 2.24) is 0 Å². The molecule has 0 heterocycles. The minimum atomic E-state index is -0.0192. The number of esters is 1. The lowest BCUT2D eigenvalue weighted by Gasteiger charge is -2.45. The van der Waals surface area contributed by atoms with E-state index in [-0.39, 0.29) is 11.9 Å². The number of hydrogen-bond acceptors (Lipinski definition) is 3. The molecule has 0 aliphatic heterocycles. The standard InChI is InChI=1S/C11H18O3/c1-13-10-6-7-3-4-8(10)5-9(7)11(12)14-2/h7-10H,3-6H2,1-2H3. The van der Waals surface area contributed by atoms with Crippen LogP contribution in [0.25, 0.3) is 0 Å². The van der Waals surface area contributed by atoms with Gasteiger partial charge in [0, 0.05) is 7.11 Å². The lowest BCUT2D eigenvalue weighted by atomic mass is 9.63. The van der Waals surface area contributed by atoms with Gasteiger partial charge >= 0.3 is 5.97 Å². The quantitative estimate of drug-likeness (QED) is 0.632. The van der Waals surface area contributed by atoms with Crippen LogP contribution in [0.3, 0.4) is 0 Å². The second-order valence-corrected chi connectivity index (χ2v) is 4.47. The maximum absolute atomic E-state index is 11.5. The van der Waals surface area contributed by atoms with E-state index in [0.29, 0.717) is 17.9 Å². The van der Waals surface area contributed by atoms with Crippen LogP contribution in [-0.2, 0) is 14.3 Å². The maximum atomic E-state index is 11.5. The fourth-order valence-corrected chi connectivity index (χ4v) is 3.11. The third-order valence-corrected chi connectivity index (χ3v) is 3.90. The van der Waals surface area contributed by atoms with Gasteiger partial charge in [-0.25, -0.2) is 0 Å². The van der Waals surface area contributed by atoms with Crippen LogP contribution in [-0.4, -0.2) is 26.3 Å². The Morgan fingerprint density at radius 2 is 1.86 bits per heavy atom. The van der Waals surface area contributed by atoms with Crippen molar-refractivity contribution < 1.29 is 14.3 Å². The Morgan fingerprint density at radius 3 is 2.36 bits per heavy atom. The van der Waals surface area contributed by atoms with Crippen molar-refractivity contribution in [2.24, 2.45) is 17.8 Å². The van der Waals surface area contributed by atoms with Crippen molar-refractivity contribution in [1.29, 1.82) is 0 Å². The zero-order chi connectivity index (χ0) is 10.1. The molecule has 3 aliphatic rings. The van der Waals surface area contributed by atoms with Gasteiger partial charge < -0.3 is 9.47 Å². The van der Waals surface area contributed by atoms with Crippen LogP contribution in [0.5, 0.6) is 0 Å². The molecule has 3 nitrogen and oxygen atoms in total. The van der Waals surface area contributed by atoms with E-state index in [2.05, 4.69) is 0 Å². The highest BCUT2D eigenvalue weighted by molar-refractivity contribution is 5.73. The smallest absolute Gasteiger partial charge is 0.308 e. The molecule has 2 bridgehead atoms. The molecule has 0 radical (unpaired) electrons. The predicted molar refractivity (Wildman–Crippen MR) is 51.8 cm³/mol. The summed E-state index contributed by atoms with van der Waals surface area (Å²) in [6.45, 7) is 0. The molecule has 0 aromatic rings. The first-order chi connectivity index (χ1) is 6.76. The topological polar surface area (TPSA) is 35.5 Å². The first-order valence-corrected chi connectivity index (χ1v) is 5.37. The van der Waals surface area contributed by atoms with Crippen molar-refractivity contribution in [2.75, 3.05) is 14.2 Å². The largest absolute Gasteiger partial charge is 0.469 e. The van der Waals surface area contributed by atoms with Crippen LogP contribution < -0.4 is 0 Å². The van der Waals surface area contributed by atoms with E-state index in [0.717, 1.165) is 12.8 Å². The molecular weight excluding hydrogens is 180 g/mol. The molecule has 0 aromatic carbocycles. The number of methoxy groups -OCH3 is 2. The molecule has 80 valence electrons. The SMILES string of the molecule is COC(=O)C1CC2CCC1CC2OC. The highest BCUT2D eigenvalue weighted by Gasteiger charge is 2.45. The third kappa shape index (κ3) is 1.54. The second kappa shape index (κ2) is 3.89. The number of hydrogen-bond donors (Lipinski definition) is 0. The Kier molecular flexibility index (Phi) is 2.77. The highest BCUT2D eigenvalue weighted by atomic mass is 16.5. The fraction of sp³-hybridized carbons (Fsp3) is 0.909. The summed E-state index contributed by atoms with van der Waals surface area (Å²) in [5.74, 6) is 1.20. The van der Waals surface area contributed by atoms with Crippen molar-refractivity contribution in [3.8, 4) is 0 Å². The van der Waals surface area contributed by atoms with Gasteiger partial charge in [-0.2, -0.15) is 0 Å². The van der Waals surface area contributed by atoms with Gasteiger partial charge in [-0.15, -0.1) is 0 Å². The van der Waals surface area contributed by atoms with E-state index >= 15 is 0 Å². The molecule has 3 aliphatic carbocycles. The lowest BCUT2D eigenvalue weighted by Crippen LogP contribution is -2.44. The number of carbonyl (C=O) groups is 1. The molecule has 14 heavy (non-hydrogen) atoms. The van der Waals surface area contributed by atoms with Gasteiger partial charge in [-0.05, 0) is 37.5 Å². The van der Waals surface area contributed by atoms with Crippen LogP contribution in [0.2, 0.25) is 0 Å². The average Bonchev–Trinajstić information content (AvgIpc) is 2.28. The summed E-state index contributed by atoms with van der Waals surface area (Å²) >= 11 is 0. The predicted octanol–water partition coefficient (Wildman–Crippen LogP) is 1.61. The lowest BCUT2D eigenvalue weighted by molar-refractivity contribution is -0.155. The van der Waals surface area contributed by atoms with E-state index in [1.165, 1.54) is 20.0 Å². The van der Waals surface area contributed by atoms with E-state index in [1.54, 1.807) is 7.11 Å². The molecule has 0 spiro atoms. The third-order valence-electron chi connectivity index (χ3n) is 3.90. The maximum Gasteiger partial charge on any atom is 0.308 e. The minimum Gasteiger partial charge on any atom is -0.469 e. The number of ether oxygens (including phenoxy) is 2. The Labute approximate surface area is 84.8 Å². The number of fused-ring (bicyclic) bond motifs is 3. The minimum absolute atomic E-state index is 0.0192. The fourth-order valence-electron chi connectivity index (χ4n) is 3.11. The zero-order valence-electron chi connectivity index (χ0n) is 8.86. The van der Waals surface area contributed by atoms with Gasteiger partial charge in [-0.1, -0.05) is 0 Å². The summed E-state index contributed by atoms with van der Waals surface area (Å²) in [6.07, 6.45) is 4.78. The van der Waals surface area contributed by atoms with Gasteiger partial charge in [0.15, 0.2) is 0 Å². The van der Waals surface area contributed by atoms with Gasteiger partial charge in [0.05, 0.1) is 19.1 Å². The molecule has 4 atom stereocenters. The molecule has 0 amide bonds. The monoisotopic (exact) mass is 198 g/mol. The van der Waals surface area contributed by atoms with Crippen molar-refractivity contribution in [3.63, 3.8) is 0 Å². The van der Waals surface area contributed by atoms with Crippen molar-refractivity contribution >= 4 is 5.97 Å². The molecule has 3 saturated carbocycles. The van der Waals surface area contributed by atoms with Gasteiger partial charge in [0.25, 0.3) is 0 Å². The van der Waals surface area contributed by atoms with Crippen LogP contribution in [0, 0.1) is 17.8 Å². The zero-order valence-corrected chi connectivity index (χ0v) is 8.86. The first-order valence-electron chi connectivity index (χ1n) is 5.37. The van der Waals surface area contributed by atoms with Gasteiger partial charge in [-0.3, -0.25) is 4.79 Å². The molecule has 4 unspecified atom stereocenters. The number of carbonyl (C=O) groups excluding carboxylic acids is 1. The van der Waals surface area contributed by atoms with E-state index < -0.39 is 0 Å². The van der Waals surface area contributed by atoms with Crippen LogP contribution in [0.4, 0.5) is 0 Å². The average molecular weight is 198 g/mol. The summed E-state index contributed by atoms with van der Waals surface area (Å²) in [7, 11) is 3.26. The van der Waals surface area contributed by atoms with E-state index in [9.17, 15) is 4.79 Å². The molecule has 0 N–H and O–H groups in total. The summed E-state index contributed by atoms with van der Waals surface area (Å²) in [5, 5.41) is 0. The van der Waals surface area contributed by atoms with Crippen LogP contribution in [0.15, 0.2) is 0 Å². The molecular formula is C11H18O3. The highest BCUT2D eigenvalue weighted by Crippen LogP contribution is 2.46. The summed E-state index contributed by atoms with van der Waals surface area (Å²) < 4.78 is 10.3. The molecule has 3 rings (SSSR count).